The van der Waals surface area contributed by atoms with E-state index in [4.69, 9.17) is 4.98 Å². The van der Waals surface area contributed by atoms with Gasteiger partial charge in [0.2, 0.25) is 5.13 Å². The molecule has 5 aromatic carbocycles. The van der Waals surface area contributed by atoms with E-state index in [0.29, 0.717) is 22.5 Å². The lowest BCUT2D eigenvalue weighted by atomic mass is 10.1. The van der Waals surface area contributed by atoms with Crippen molar-refractivity contribution in [3.05, 3.63) is 167 Å². The number of aromatic nitrogens is 3. The number of pyridine rings is 1. The van der Waals surface area contributed by atoms with Gasteiger partial charge in [-0.15, -0.1) is 20.5 Å². The second-order valence-electron chi connectivity index (χ2n) is 14.9. The second kappa shape index (κ2) is 20.1. The van der Waals surface area contributed by atoms with Crippen LogP contribution in [0.3, 0.4) is 0 Å². The number of nitrogens with zero attached hydrogens (tertiary/aromatic N) is 9. The lowest BCUT2D eigenvalue weighted by Crippen LogP contribution is -2.11. The third-order valence-corrected chi connectivity index (χ3v) is 12.8. The summed E-state index contributed by atoms with van der Waals surface area (Å²) in [5.74, 6) is -1.44. The van der Waals surface area contributed by atoms with E-state index >= 15 is 0 Å². The summed E-state index contributed by atoms with van der Waals surface area (Å²) in [6, 6.07) is 36.9. The van der Waals surface area contributed by atoms with E-state index in [1.807, 2.05) is 0 Å². The Morgan fingerprint density at radius 3 is 1.87 bits per heavy atom. The van der Waals surface area contributed by atoms with Crippen molar-refractivity contribution >= 4 is 93.8 Å². The van der Waals surface area contributed by atoms with E-state index in [1.54, 1.807) is 79.9 Å². The van der Waals surface area contributed by atoms with Crippen molar-refractivity contribution in [2.75, 3.05) is 16.0 Å². The molecule has 0 radical (unpaired) electrons. The maximum absolute atomic E-state index is 12.9. The number of aromatic carboxylic acids is 1. The van der Waals surface area contributed by atoms with E-state index < -0.39 is 26.2 Å². The number of nitriles is 2. The molecule has 0 aliphatic heterocycles. The normalized spacial score (nSPS) is 11.6. The Kier molecular flexibility index (Phi) is 13.6. The van der Waals surface area contributed by atoms with Gasteiger partial charge >= 0.3 is 5.97 Å². The van der Waals surface area contributed by atoms with Gasteiger partial charge in [0.05, 0.1) is 26.5 Å². The van der Waals surface area contributed by atoms with Crippen molar-refractivity contribution in [1.29, 1.82) is 10.5 Å². The molecular formula is C47H32N12O9S3. The number of nitrogens with one attached hydrogen (secondary N) is 3. The molecule has 0 fully saturated rings. The quantitative estimate of drug-likeness (QED) is 0.0411. The molecule has 21 nitrogen and oxygen atoms in total. The van der Waals surface area contributed by atoms with Gasteiger partial charge in [0.1, 0.15) is 23.5 Å². The third-order valence-electron chi connectivity index (χ3n) is 10.2. The Morgan fingerprint density at radius 2 is 1.28 bits per heavy atom. The molecule has 24 heteroatoms. The van der Waals surface area contributed by atoms with Crippen LogP contribution in [0.25, 0.3) is 16.9 Å². The molecular weight excluding hydrogens is 973 g/mol. The topological polar surface area (TPSA) is 327 Å². The Bertz CT molecular complexity index is 3760. The predicted octanol–water partition coefficient (Wildman–Crippen LogP) is 10.8. The van der Waals surface area contributed by atoms with Crippen LogP contribution >= 0.6 is 11.3 Å². The van der Waals surface area contributed by atoms with Gasteiger partial charge < -0.3 is 21.1 Å². The predicted molar refractivity (Wildman–Crippen MR) is 261 cm³/mol. The van der Waals surface area contributed by atoms with Crippen molar-refractivity contribution < 1.29 is 40.6 Å². The standard InChI is InChI=1S/C47H32N12O9S3/c1-27-38(26-49)41(50-32-14-18-36(19-15-32)70(63,64)65)54-42(51-33-16-20-37(21-17-33)71(66,67)68)39(27)55-58-47-53-40(28-10-12-34(13-11-28)52-44(60)29-6-3-2-4-7-29)45(69-47)57-56-43-31(25-48)22-23-59(43)35-9-5-8-30(24-35)46(61)62/h2-24H,1H3,(H,52,60)(H,61,62)(H2,50,51,54)(H,63,64,65)(H,66,67,68)/b57-56-,58-55?. The first kappa shape index (κ1) is 48.2. The fourth-order valence-corrected chi connectivity index (χ4v) is 8.42. The average molecular weight is 1010 g/mol. The van der Waals surface area contributed by atoms with Crippen LogP contribution in [0.4, 0.5) is 50.3 Å². The molecule has 3 heterocycles. The lowest BCUT2D eigenvalue weighted by Gasteiger charge is -2.16. The summed E-state index contributed by atoms with van der Waals surface area (Å²) in [4.78, 5) is 33.3. The van der Waals surface area contributed by atoms with E-state index in [9.17, 15) is 51.2 Å². The van der Waals surface area contributed by atoms with E-state index in [-0.39, 0.29) is 88.3 Å². The first-order valence-corrected chi connectivity index (χ1v) is 24.1. The fraction of sp³-hybridized carbons (Fsp3) is 0.0213. The SMILES string of the molecule is Cc1c(C#N)c(Nc2ccc(S(=O)(=O)O)cc2)nc(Nc2ccc(S(=O)(=O)O)cc2)c1N=Nc1nc(-c2ccc(NC(=O)c3ccccc3)cc2)c(/N=N\c2c(C#N)ccn2-c2cccc(C(=O)O)c2)s1. The highest BCUT2D eigenvalue weighted by Gasteiger charge is 2.21. The fourth-order valence-electron chi connectivity index (χ4n) is 6.72. The number of hydrogen-bond donors (Lipinski definition) is 6. The zero-order valence-electron chi connectivity index (χ0n) is 36.3. The minimum Gasteiger partial charge on any atom is -0.478 e. The molecule has 0 saturated heterocycles. The number of carboxylic acids is 1. The minimum absolute atomic E-state index is 0.000419. The summed E-state index contributed by atoms with van der Waals surface area (Å²) < 4.78 is 67.4. The molecule has 71 heavy (non-hydrogen) atoms. The first-order valence-electron chi connectivity index (χ1n) is 20.4. The van der Waals surface area contributed by atoms with Crippen LogP contribution in [0.2, 0.25) is 0 Å². The monoisotopic (exact) mass is 1000 g/mol. The highest BCUT2D eigenvalue weighted by molar-refractivity contribution is 7.86. The number of anilines is 5. The molecule has 3 aromatic heterocycles. The average Bonchev–Trinajstić information content (AvgIpc) is 3.97. The van der Waals surface area contributed by atoms with Gasteiger partial charge in [-0.25, -0.2) is 14.8 Å². The van der Waals surface area contributed by atoms with Crippen LogP contribution < -0.4 is 16.0 Å². The van der Waals surface area contributed by atoms with E-state index in [2.05, 4.69) is 53.5 Å². The second-order valence-corrected chi connectivity index (χ2v) is 18.7. The number of benzene rings is 5. The summed E-state index contributed by atoms with van der Waals surface area (Å²) in [6.07, 6.45) is 1.55. The van der Waals surface area contributed by atoms with Crippen molar-refractivity contribution in [3.8, 4) is 29.1 Å². The molecule has 6 N–H and O–H groups in total. The maximum Gasteiger partial charge on any atom is 0.335 e. The van der Waals surface area contributed by atoms with Gasteiger partial charge in [-0.1, -0.05) is 47.7 Å². The van der Waals surface area contributed by atoms with Gasteiger partial charge in [-0.05, 0) is 104 Å². The molecule has 0 bridgehead atoms. The van der Waals surface area contributed by atoms with E-state index in [0.717, 1.165) is 35.6 Å². The van der Waals surface area contributed by atoms with Crippen LogP contribution in [0.15, 0.2) is 170 Å². The number of carbonyl (C=O) groups is 2. The molecule has 0 atom stereocenters. The van der Waals surface area contributed by atoms with Crippen LogP contribution in [-0.4, -0.2) is 57.5 Å². The molecule has 0 spiro atoms. The molecule has 8 aromatic rings. The maximum atomic E-state index is 12.9. The Balaban J connectivity index is 1.21. The van der Waals surface area contributed by atoms with Gasteiger partial charge in [-0.2, -0.15) is 27.4 Å². The molecule has 0 saturated carbocycles. The van der Waals surface area contributed by atoms with Crippen LogP contribution in [0.5, 0.6) is 0 Å². The summed E-state index contributed by atoms with van der Waals surface area (Å²) in [6.45, 7) is 1.56. The van der Waals surface area contributed by atoms with Gasteiger partial charge in [0.15, 0.2) is 22.5 Å². The lowest BCUT2D eigenvalue weighted by molar-refractivity contribution is 0.0696. The van der Waals surface area contributed by atoms with Crippen molar-refractivity contribution in [1.82, 2.24) is 14.5 Å². The highest BCUT2D eigenvalue weighted by atomic mass is 32.2. The zero-order chi connectivity index (χ0) is 50.5. The highest BCUT2D eigenvalue weighted by Crippen LogP contribution is 2.43. The number of carbonyl (C=O) groups excluding carboxylic acids is 1. The molecule has 0 aliphatic carbocycles. The zero-order valence-corrected chi connectivity index (χ0v) is 38.8. The Labute approximate surface area is 407 Å². The smallest absolute Gasteiger partial charge is 0.335 e. The largest absolute Gasteiger partial charge is 0.478 e. The van der Waals surface area contributed by atoms with Crippen LogP contribution in [0.1, 0.15) is 37.4 Å². The van der Waals surface area contributed by atoms with Crippen molar-refractivity contribution in [2.45, 2.75) is 16.7 Å². The summed E-state index contributed by atoms with van der Waals surface area (Å²) in [7, 11) is -9.04. The number of hydrogen-bond acceptors (Lipinski definition) is 17. The number of rotatable bonds is 15. The molecule has 8 rings (SSSR count). The van der Waals surface area contributed by atoms with Crippen LogP contribution in [-0.2, 0) is 20.2 Å². The Morgan fingerprint density at radius 1 is 0.676 bits per heavy atom. The molecule has 352 valence electrons. The number of azo groups is 2. The third kappa shape index (κ3) is 11.0. The Hall–Kier alpha value is -9.30. The summed E-state index contributed by atoms with van der Waals surface area (Å²) in [5.41, 5.74) is 2.99. The van der Waals surface area contributed by atoms with Crippen molar-refractivity contribution in [3.63, 3.8) is 0 Å². The number of carboxylic acid groups (broad SMARTS) is 1. The van der Waals surface area contributed by atoms with Gasteiger partial charge in [0, 0.05) is 45.6 Å². The minimum atomic E-state index is -4.54. The van der Waals surface area contributed by atoms with Crippen LogP contribution in [0, 0.1) is 29.6 Å². The van der Waals surface area contributed by atoms with E-state index in [1.165, 1.54) is 47.0 Å². The summed E-state index contributed by atoms with van der Waals surface area (Å²) >= 11 is 0.935. The van der Waals surface area contributed by atoms with Crippen molar-refractivity contribution in [2.24, 2.45) is 20.5 Å². The molecule has 0 aliphatic rings. The summed E-state index contributed by atoms with van der Waals surface area (Å²) in [5, 5.41) is 57.0. The first-order chi connectivity index (χ1) is 34.0. The number of amides is 1. The molecule has 1 amide bonds. The van der Waals surface area contributed by atoms with Gasteiger partial charge in [-0.3, -0.25) is 18.5 Å². The van der Waals surface area contributed by atoms with Gasteiger partial charge in [0.25, 0.3) is 26.1 Å². The number of thiazole rings is 1. The molecule has 0 unspecified atom stereocenters.